The predicted octanol–water partition coefficient (Wildman–Crippen LogP) is 2.38. The number of hydrogen-bond donors (Lipinski definition) is 0. The first-order chi connectivity index (χ1) is 12.6. The number of hydrogen-bond acceptors (Lipinski definition) is 7. The summed E-state index contributed by atoms with van der Waals surface area (Å²) in [6.45, 7) is 4.83. The highest BCUT2D eigenvalue weighted by molar-refractivity contribution is 5.89. The Morgan fingerprint density at radius 3 is 2.69 bits per heavy atom. The topological polar surface area (TPSA) is 120 Å². The van der Waals surface area contributed by atoms with E-state index in [0.717, 1.165) is 0 Å². The molecule has 1 aromatic rings. The molecule has 4 atom stereocenters. The third-order valence-corrected chi connectivity index (χ3v) is 3.54. The van der Waals surface area contributed by atoms with Crippen molar-refractivity contribution in [3.63, 3.8) is 0 Å². The van der Waals surface area contributed by atoms with Crippen LogP contribution in [-0.2, 0) is 23.7 Å². The van der Waals surface area contributed by atoms with Crippen LogP contribution in [0.15, 0.2) is 48.1 Å². The van der Waals surface area contributed by atoms with Crippen molar-refractivity contribution in [1.29, 1.82) is 0 Å². The highest BCUT2D eigenvalue weighted by Gasteiger charge is 2.45. The van der Waals surface area contributed by atoms with Crippen LogP contribution in [0, 0.1) is 0 Å². The van der Waals surface area contributed by atoms with Crippen molar-refractivity contribution >= 4 is 11.9 Å². The highest BCUT2D eigenvalue weighted by atomic mass is 16.7. The van der Waals surface area contributed by atoms with Gasteiger partial charge < -0.3 is 18.9 Å². The van der Waals surface area contributed by atoms with E-state index < -0.39 is 36.5 Å². The number of benzene rings is 1. The monoisotopic (exact) mass is 361 g/mol. The molecule has 0 aliphatic carbocycles. The molecule has 2 rings (SSSR count). The maximum Gasteiger partial charge on any atom is 0.338 e. The summed E-state index contributed by atoms with van der Waals surface area (Å²) in [5.74, 6) is -1.26. The number of azide groups is 1. The van der Waals surface area contributed by atoms with E-state index in [0.29, 0.717) is 5.56 Å². The lowest BCUT2D eigenvalue weighted by Crippen LogP contribution is -2.56. The average Bonchev–Trinajstić information content (AvgIpc) is 2.64. The van der Waals surface area contributed by atoms with Crippen LogP contribution in [0.5, 0.6) is 0 Å². The zero-order valence-electron chi connectivity index (χ0n) is 14.2. The maximum absolute atomic E-state index is 12.4. The zero-order chi connectivity index (χ0) is 18.9. The van der Waals surface area contributed by atoms with Gasteiger partial charge in [0.1, 0.15) is 6.04 Å². The quantitative estimate of drug-likeness (QED) is 0.242. The lowest BCUT2D eigenvalue weighted by molar-refractivity contribution is -0.248. The second-order valence-electron chi connectivity index (χ2n) is 5.41. The van der Waals surface area contributed by atoms with Crippen LogP contribution >= 0.6 is 0 Å². The Labute approximate surface area is 150 Å². The van der Waals surface area contributed by atoms with Gasteiger partial charge in [-0.3, -0.25) is 4.79 Å². The van der Waals surface area contributed by atoms with E-state index in [-0.39, 0.29) is 13.2 Å². The third kappa shape index (κ3) is 5.06. The molecule has 0 amide bonds. The minimum absolute atomic E-state index is 0.0524. The summed E-state index contributed by atoms with van der Waals surface area (Å²) in [7, 11) is 0. The van der Waals surface area contributed by atoms with Gasteiger partial charge in [0.2, 0.25) is 0 Å². The molecular weight excluding hydrogens is 342 g/mol. The number of rotatable bonds is 7. The molecule has 26 heavy (non-hydrogen) atoms. The average molecular weight is 361 g/mol. The number of esters is 2. The number of ether oxygens (including phenoxy) is 4. The fourth-order valence-electron chi connectivity index (χ4n) is 2.45. The van der Waals surface area contributed by atoms with Gasteiger partial charge in [0.15, 0.2) is 18.5 Å². The molecule has 1 unspecified atom stereocenters. The SMILES string of the molecule is C=CCO[C@H]1OCC(N=[N+]=[N-])[C@H](OC(C)=O)[C@@H]1OC(=O)c1ccccc1. The van der Waals surface area contributed by atoms with E-state index in [2.05, 4.69) is 16.6 Å². The smallest absolute Gasteiger partial charge is 0.338 e. The second-order valence-corrected chi connectivity index (χ2v) is 5.41. The van der Waals surface area contributed by atoms with E-state index >= 15 is 0 Å². The molecule has 1 aliphatic rings. The Balaban J connectivity index is 2.28. The first-order valence-electron chi connectivity index (χ1n) is 7.88. The van der Waals surface area contributed by atoms with Crippen molar-refractivity contribution in [1.82, 2.24) is 0 Å². The number of nitrogens with zero attached hydrogens (tertiary/aromatic N) is 3. The Hall–Kier alpha value is -2.87. The number of carbonyl (C=O) groups excluding carboxylic acids is 2. The summed E-state index contributed by atoms with van der Waals surface area (Å²) in [5.41, 5.74) is 9.04. The highest BCUT2D eigenvalue weighted by Crippen LogP contribution is 2.26. The van der Waals surface area contributed by atoms with E-state index in [1.807, 2.05) is 0 Å². The van der Waals surface area contributed by atoms with Crippen LogP contribution < -0.4 is 0 Å². The van der Waals surface area contributed by atoms with E-state index in [1.54, 1.807) is 30.3 Å². The standard InChI is InChI=1S/C17H19N3O6/c1-3-9-23-17-15(26-16(22)12-7-5-4-6-8-12)14(25-11(2)21)13(10-24-17)19-20-18/h3-8,13-15,17H,1,9-10H2,2H3/t13?,14-,15-,17-/m0/s1. The molecule has 0 spiro atoms. The minimum Gasteiger partial charge on any atom is -0.458 e. The molecule has 9 heteroatoms. The van der Waals surface area contributed by atoms with Crippen LogP contribution in [0.3, 0.4) is 0 Å². The predicted molar refractivity (Wildman–Crippen MR) is 90.0 cm³/mol. The van der Waals surface area contributed by atoms with Gasteiger partial charge in [-0.25, -0.2) is 4.79 Å². The summed E-state index contributed by atoms with van der Waals surface area (Å²) in [6, 6.07) is 7.43. The zero-order valence-corrected chi connectivity index (χ0v) is 14.2. The molecular formula is C17H19N3O6. The Bertz CT molecular complexity index is 689. The first kappa shape index (κ1) is 19.5. The van der Waals surface area contributed by atoms with Gasteiger partial charge in [-0.1, -0.05) is 29.4 Å². The molecule has 1 aromatic carbocycles. The Morgan fingerprint density at radius 1 is 1.35 bits per heavy atom. The fraction of sp³-hybridized carbons (Fsp3) is 0.412. The molecule has 138 valence electrons. The Morgan fingerprint density at radius 2 is 2.08 bits per heavy atom. The third-order valence-electron chi connectivity index (χ3n) is 3.54. The maximum atomic E-state index is 12.4. The largest absolute Gasteiger partial charge is 0.458 e. The van der Waals surface area contributed by atoms with Crippen molar-refractivity contribution in [2.24, 2.45) is 5.11 Å². The molecule has 0 aromatic heterocycles. The van der Waals surface area contributed by atoms with Crippen molar-refractivity contribution in [3.05, 3.63) is 59.0 Å². The van der Waals surface area contributed by atoms with Crippen LogP contribution in [-0.4, -0.2) is 49.7 Å². The first-order valence-corrected chi connectivity index (χ1v) is 7.88. The summed E-state index contributed by atoms with van der Waals surface area (Å²) < 4.78 is 21.7. The minimum atomic E-state index is -1.11. The molecule has 9 nitrogen and oxygen atoms in total. The molecule has 0 bridgehead atoms. The van der Waals surface area contributed by atoms with Gasteiger partial charge in [-0.15, -0.1) is 6.58 Å². The summed E-state index contributed by atoms with van der Waals surface area (Å²) >= 11 is 0. The van der Waals surface area contributed by atoms with Crippen LogP contribution in [0.4, 0.5) is 0 Å². The molecule has 1 aliphatic heterocycles. The molecule has 0 radical (unpaired) electrons. The molecule has 0 saturated carbocycles. The van der Waals surface area contributed by atoms with Gasteiger partial charge in [0, 0.05) is 11.8 Å². The fourth-order valence-corrected chi connectivity index (χ4v) is 2.45. The van der Waals surface area contributed by atoms with Gasteiger partial charge in [-0.2, -0.15) is 0 Å². The van der Waals surface area contributed by atoms with Gasteiger partial charge in [-0.05, 0) is 17.7 Å². The van der Waals surface area contributed by atoms with Gasteiger partial charge in [0.05, 0.1) is 18.8 Å². The summed E-state index contributed by atoms with van der Waals surface area (Å²) in [4.78, 5) is 26.7. The summed E-state index contributed by atoms with van der Waals surface area (Å²) in [6.07, 6.45) is -1.66. The van der Waals surface area contributed by atoms with Crippen molar-refractivity contribution < 1.29 is 28.5 Å². The number of carbonyl (C=O) groups is 2. The normalized spacial score (nSPS) is 24.8. The van der Waals surface area contributed by atoms with Crippen LogP contribution in [0.2, 0.25) is 0 Å². The van der Waals surface area contributed by atoms with E-state index in [4.69, 9.17) is 24.5 Å². The van der Waals surface area contributed by atoms with Crippen LogP contribution in [0.1, 0.15) is 17.3 Å². The van der Waals surface area contributed by atoms with Gasteiger partial charge in [0.25, 0.3) is 0 Å². The van der Waals surface area contributed by atoms with Crippen LogP contribution in [0.25, 0.3) is 10.4 Å². The van der Waals surface area contributed by atoms with E-state index in [1.165, 1.54) is 13.0 Å². The molecule has 0 N–H and O–H groups in total. The van der Waals surface area contributed by atoms with E-state index in [9.17, 15) is 9.59 Å². The van der Waals surface area contributed by atoms with Crippen molar-refractivity contribution in [2.45, 2.75) is 31.5 Å². The second kappa shape index (κ2) is 9.57. The Kier molecular flexibility index (Phi) is 7.16. The molecule has 1 fully saturated rings. The lowest BCUT2D eigenvalue weighted by Gasteiger charge is -2.39. The van der Waals surface area contributed by atoms with Gasteiger partial charge >= 0.3 is 11.9 Å². The molecule has 1 saturated heterocycles. The van der Waals surface area contributed by atoms with Crippen molar-refractivity contribution in [3.8, 4) is 0 Å². The van der Waals surface area contributed by atoms with Crippen molar-refractivity contribution in [2.75, 3.05) is 13.2 Å². The summed E-state index contributed by atoms with van der Waals surface area (Å²) in [5, 5.41) is 3.57. The molecule has 1 heterocycles. The lowest BCUT2D eigenvalue weighted by atomic mass is 10.0.